The number of nitrogens with zero attached hydrogens (tertiary/aromatic N) is 7. The lowest BCUT2D eigenvalue weighted by Crippen LogP contribution is -2.60. The van der Waals surface area contributed by atoms with Crippen molar-refractivity contribution >= 4 is 110 Å². The Labute approximate surface area is 816 Å². The van der Waals surface area contributed by atoms with Crippen molar-refractivity contribution in [2.24, 2.45) is 51.4 Å². The van der Waals surface area contributed by atoms with E-state index in [1.807, 2.05) is 87.5 Å². The number of ether oxygens (including phenoxy) is 5. The molecule has 5 aromatic rings. The van der Waals surface area contributed by atoms with Gasteiger partial charge < -0.3 is 92.0 Å². The van der Waals surface area contributed by atoms with Gasteiger partial charge in [0.05, 0.1) is 68.0 Å². The van der Waals surface area contributed by atoms with Gasteiger partial charge in [-0.05, 0) is 147 Å². The van der Waals surface area contributed by atoms with Crippen LogP contribution in [0, 0.1) is 29.6 Å². The summed E-state index contributed by atoms with van der Waals surface area (Å²) in [6, 6.07) is 26.4. The second-order valence-electron chi connectivity index (χ2n) is 36.9. The van der Waals surface area contributed by atoms with Crippen LogP contribution in [0.15, 0.2) is 138 Å². The molecule has 2 saturated heterocycles. The van der Waals surface area contributed by atoms with Crippen molar-refractivity contribution in [2.75, 3.05) is 82.8 Å². The molecule has 0 aromatic heterocycles. The molecule has 9 rings (SSSR count). The smallest absolute Gasteiger partial charge is 0.445 e. The molecule has 18 atom stereocenters. The second-order valence-corrected chi connectivity index (χ2v) is 39.5. The molecule has 2 fully saturated rings. The Morgan fingerprint density at radius 3 is 2.02 bits per heavy atom. The minimum Gasteiger partial charge on any atom is -0.445 e. The molecule has 0 saturated carbocycles. The number of Topliss-reactive ketones (excluding diaryl/α,β-unsaturated/α-hetero) is 2. The number of likely N-dealkylation sites (tertiary alicyclic amines) is 1. The van der Waals surface area contributed by atoms with E-state index in [2.05, 4.69) is 47.8 Å². The van der Waals surface area contributed by atoms with Crippen molar-refractivity contribution < 1.29 is 96.2 Å². The van der Waals surface area contributed by atoms with Crippen molar-refractivity contribution in [3.63, 3.8) is 0 Å². The summed E-state index contributed by atoms with van der Waals surface area (Å²) in [5, 5.41) is 56.6. The number of aliphatic hydroxyl groups excluding tert-OH is 2. The molecule has 754 valence electrons. The lowest BCUT2D eigenvalue weighted by atomic mass is 9.87. The Balaban J connectivity index is 0.743. The van der Waals surface area contributed by atoms with Crippen molar-refractivity contribution in [3.05, 3.63) is 161 Å². The lowest BCUT2D eigenvalue weighted by molar-refractivity contribution is -0.147. The number of carbonyl (C=O) groups is 13. The first-order valence-electron chi connectivity index (χ1n) is 47.6. The zero-order valence-electron chi connectivity index (χ0n) is 81.7. The van der Waals surface area contributed by atoms with E-state index in [1.54, 1.807) is 119 Å². The number of aliphatic hydroxyl groups is 2. The number of ketones is 2. The molecular weight excluding hydrogens is 1810 g/mol. The fraction of sp³-hybridized carbons (Fsp3) is 0.566. The average molecular weight is 1950 g/mol. The number of fused-ring (bicyclic) bond motifs is 5. The SMILES string of the molecule is CC[C@H](C)C([C@@H](CC(=O)N1CCCC1[C@H](OC)[C@@H](C)[C@@H](O)N[C@H](C)[C@@H](O)c1ccccc1)OC)N(C)C(=O)C(NC(=O)[C@H](C(C)C)N(C)C(=O)OCc1ccc(NC(=O)[C@H](CCCNC(N)=O)NC(=O)[C@@H](NC(=O)CCC(=O)N2Cc3ccccc3C3C(N=NN3CCOC(=O)Oc3ccc(C(=O)NCCCC[C@@H]4NC(C(C)=O)CSSCC(N)C4=O)cc3)c3ccccc32)C(C)C)cc1)C(C)C. The Morgan fingerprint density at radius 1 is 0.696 bits per heavy atom. The van der Waals surface area contributed by atoms with Gasteiger partial charge >= 0.3 is 18.3 Å². The van der Waals surface area contributed by atoms with Gasteiger partial charge in [0.2, 0.25) is 41.4 Å². The number of nitrogens with one attached hydrogen (secondary N) is 8. The summed E-state index contributed by atoms with van der Waals surface area (Å²) < 4.78 is 29.0. The number of primary amides is 1. The molecule has 5 aromatic carbocycles. The molecule has 4 aliphatic heterocycles. The van der Waals surface area contributed by atoms with Crippen LogP contribution in [-0.4, -0.2) is 258 Å². The van der Waals surface area contributed by atoms with E-state index in [0.29, 0.717) is 96.7 Å². The second kappa shape index (κ2) is 53.8. The van der Waals surface area contributed by atoms with Gasteiger partial charge in [0.25, 0.3) is 5.91 Å². The van der Waals surface area contributed by atoms with Gasteiger partial charge in [-0.1, -0.05) is 180 Å². The summed E-state index contributed by atoms with van der Waals surface area (Å²) >= 11 is 0. The van der Waals surface area contributed by atoms with Crippen LogP contribution in [0.4, 0.5) is 25.8 Å². The molecule has 37 nitrogen and oxygen atoms in total. The third-order valence-corrected chi connectivity index (χ3v) is 28.4. The highest BCUT2D eigenvalue weighted by Crippen LogP contribution is 2.48. The van der Waals surface area contributed by atoms with E-state index < -0.39 is 174 Å². The molecule has 0 spiro atoms. The predicted octanol–water partition coefficient (Wildman–Crippen LogP) is 9.50. The first-order chi connectivity index (χ1) is 65.9. The number of urea groups is 1. The highest BCUT2D eigenvalue weighted by molar-refractivity contribution is 8.76. The minimum atomic E-state index is -1.22. The van der Waals surface area contributed by atoms with E-state index in [4.69, 9.17) is 40.3 Å². The van der Waals surface area contributed by atoms with Crippen LogP contribution in [0.25, 0.3) is 0 Å². The molecule has 39 heteroatoms. The number of hydrogen-bond acceptors (Lipinski definition) is 28. The summed E-state index contributed by atoms with van der Waals surface area (Å²) in [7, 11) is 9.11. The molecule has 4 heterocycles. The van der Waals surface area contributed by atoms with Crippen LogP contribution in [0.3, 0.4) is 0 Å². The molecular formula is C99H141N17O20S2. The normalized spacial score (nSPS) is 19.6. The Morgan fingerprint density at radius 2 is 1.36 bits per heavy atom. The van der Waals surface area contributed by atoms with Crippen molar-refractivity contribution in [1.29, 1.82) is 0 Å². The monoisotopic (exact) mass is 1950 g/mol. The third-order valence-electron chi connectivity index (χ3n) is 26.0. The van der Waals surface area contributed by atoms with Crippen molar-refractivity contribution in [3.8, 4) is 5.75 Å². The van der Waals surface area contributed by atoms with Crippen molar-refractivity contribution in [2.45, 2.75) is 257 Å². The lowest BCUT2D eigenvalue weighted by Gasteiger charge is -2.41. The third kappa shape index (κ3) is 30.7. The van der Waals surface area contributed by atoms with Crippen LogP contribution in [-0.2, 0) is 75.2 Å². The zero-order chi connectivity index (χ0) is 101. The summed E-state index contributed by atoms with van der Waals surface area (Å²) in [5.41, 5.74) is 16.1. The van der Waals surface area contributed by atoms with E-state index >= 15 is 0 Å². The summed E-state index contributed by atoms with van der Waals surface area (Å²) in [6.45, 7) is 20.2. The van der Waals surface area contributed by atoms with Crippen LogP contribution >= 0.6 is 21.6 Å². The van der Waals surface area contributed by atoms with Gasteiger partial charge in [0, 0.05) is 107 Å². The highest BCUT2D eigenvalue weighted by Gasteiger charge is 2.46. The van der Waals surface area contributed by atoms with E-state index in [-0.39, 0.29) is 100 Å². The molecule has 7 unspecified atom stereocenters. The maximum Gasteiger partial charge on any atom is 0.513 e. The maximum atomic E-state index is 15.0. The number of rotatable bonds is 47. The number of unbranched alkanes of at least 4 members (excludes halogenated alkanes) is 1. The van der Waals surface area contributed by atoms with Gasteiger partial charge in [-0.15, -0.1) is 0 Å². The standard InChI is InChI=1S/C99H141N17O20S2/c1-16-60(8)86(78(132-14)52-81(120)114-49-27-36-77(114)90(133-15)61(9)91(123)104-62(10)88(121)65-28-18-17-19-29-65)112(12)96(128)83(58(4)5)109-95(127)85(59(6)7)113(13)98(130)135-54-64-37-41-68(42-38-64)105-93(125)74(34-26-48-103-97(101)129)107-94(126)82(57(2)3)108-79(118)45-46-80(119)115-53-67-30-20-21-31-70(67)87-84(71-32-22-23-35-76(71)115)110-111-116(87)50-51-134-99(131)136-69-43-39-66(40-44-69)92(124)102-47-25-24-33-73-89(122)72(100)55-137-138-56-75(106-73)63(11)117/h17-23,28-32,35,37-44,57-62,72-75,77-78,82-88,90-91,104,106,121,123H,16,24-27,33-34,36,45-56,100H2,1-15H3,(H,102,124)(H,105,125)(H,107,126)(H,108,118)(H,109,127)(H3,101,103,129)/t60-,61+,62+,72?,73-,74-,75?,77?,78+,82-,83?,84?,85-,86?,87?,88+,90+,91+/m0/s1. The number of nitrogens with two attached hydrogens (primary N) is 2. The molecule has 0 aliphatic carbocycles. The quantitative estimate of drug-likeness (QED) is 0.00567. The molecule has 11 amide bonds. The number of benzene rings is 5. The van der Waals surface area contributed by atoms with Crippen LogP contribution in [0.2, 0.25) is 0 Å². The molecule has 0 radical (unpaired) electrons. The number of anilines is 2. The maximum absolute atomic E-state index is 15.0. The Kier molecular flexibility index (Phi) is 43.1. The number of methoxy groups -OCH3 is 2. The average Bonchev–Trinajstić information content (AvgIpc) is 1.56. The Hall–Kier alpha value is -11.2. The van der Waals surface area contributed by atoms with Gasteiger partial charge in [0.15, 0.2) is 5.78 Å². The fourth-order valence-corrected chi connectivity index (χ4v) is 20.4. The van der Waals surface area contributed by atoms with Gasteiger partial charge in [-0.2, -0.15) is 5.11 Å². The van der Waals surface area contributed by atoms with Gasteiger partial charge in [-0.3, -0.25) is 68.5 Å². The van der Waals surface area contributed by atoms with Gasteiger partial charge in [0.1, 0.15) is 67.2 Å². The largest absolute Gasteiger partial charge is 0.513 e. The Bertz CT molecular complexity index is 4950. The van der Waals surface area contributed by atoms with E-state index in [1.165, 1.54) is 71.8 Å². The predicted molar refractivity (Wildman–Crippen MR) is 524 cm³/mol. The molecule has 0 bridgehead atoms. The van der Waals surface area contributed by atoms with E-state index in [0.717, 1.165) is 11.1 Å². The number of hydrogen-bond donors (Lipinski definition) is 12. The van der Waals surface area contributed by atoms with Crippen molar-refractivity contribution in [1.82, 2.24) is 56.9 Å². The molecule has 14 N–H and O–H groups in total. The summed E-state index contributed by atoms with van der Waals surface area (Å²) in [6.07, 6.45) is -2.18. The molecule has 4 aliphatic rings. The van der Waals surface area contributed by atoms with E-state index in [9.17, 15) is 72.5 Å². The number of para-hydroxylation sites is 1. The topological polar surface area (TPSA) is 498 Å². The number of likely N-dealkylation sites (N-methyl/N-ethyl adjacent to an activating group) is 2. The minimum absolute atomic E-state index is 0.00739. The van der Waals surface area contributed by atoms with Crippen LogP contribution < -0.4 is 63.6 Å². The highest BCUT2D eigenvalue weighted by atomic mass is 33.1. The molecule has 138 heavy (non-hydrogen) atoms. The summed E-state index contributed by atoms with van der Waals surface area (Å²) in [4.78, 5) is 185. The zero-order valence-corrected chi connectivity index (χ0v) is 83.4. The summed E-state index contributed by atoms with van der Waals surface area (Å²) in [5.74, 6) is -5.22. The van der Waals surface area contributed by atoms with Crippen LogP contribution in [0.5, 0.6) is 5.75 Å². The first-order valence-corrected chi connectivity index (χ1v) is 50.0. The first kappa shape index (κ1) is 110. The van der Waals surface area contributed by atoms with Crippen LogP contribution in [0.1, 0.15) is 203 Å². The fourth-order valence-electron chi connectivity index (χ4n) is 18.0. The number of carbonyl (C=O) groups excluding carboxylic acids is 13. The number of amides is 11. The van der Waals surface area contributed by atoms with Gasteiger partial charge in [-0.25, -0.2) is 14.4 Å².